The van der Waals surface area contributed by atoms with Crippen LogP contribution in [-0.4, -0.2) is 84.2 Å². The molecule has 3 saturated heterocycles. The summed E-state index contributed by atoms with van der Waals surface area (Å²) in [6, 6.07) is 0.469. The van der Waals surface area contributed by atoms with Crippen LogP contribution in [0, 0.1) is 5.41 Å². The molecule has 0 aliphatic carbocycles. The number of hydrogen-bond donors (Lipinski definition) is 0. The SMILES string of the molecule is CC1N(CC(=O)N2CCN(c3cnccn3)CC2)CCC12CCOCC2. The fraction of sp³-hybridized carbons (Fsp3) is 0.737. The Bertz CT molecular complexity index is 612. The summed E-state index contributed by atoms with van der Waals surface area (Å²) in [7, 11) is 0. The normalized spacial score (nSPS) is 26.4. The van der Waals surface area contributed by atoms with Crippen molar-refractivity contribution in [1.82, 2.24) is 19.8 Å². The molecule has 0 saturated carbocycles. The van der Waals surface area contributed by atoms with Gasteiger partial charge < -0.3 is 14.5 Å². The second kappa shape index (κ2) is 7.48. The van der Waals surface area contributed by atoms with Gasteiger partial charge in [0.2, 0.25) is 5.91 Å². The molecule has 7 nitrogen and oxygen atoms in total. The Morgan fingerprint density at radius 3 is 2.62 bits per heavy atom. The summed E-state index contributed by atoms with van der Waals surface area (Å²) in [6.07, 6.45) is 8.66. The van der Waals surface area contributed by atoms with E-state index in [1.165, 1.54) is 6.42 Å². The van der Waals surface area contributed by atoms with E-state index in [2.05, 4.69) is 26.7 Å². The van der Waals surface area contributed by atoms with E-state index in [0.717, 1.165) is 64.6 Å². The van der Waals surface area contributed by atoms with Crippen LogP contribution in [0.3, 0.4) is 0 Å². The standard InChI is InChI=1S/C19H29N5O2/c1-16-19(3-12-26-13-4-19)2-7-24(16)15-18(25)23-10-8-22(9-11-23)17-14-20-5-6-21-17/h5-6,14,16H,2-4,7-13,15H2,1H3. The molecule has 3 aliphatic rings. The second-order valence-corrected chi connectivity index (χ2v) is 7.80. The van der Waals surface area contributed by atoms with Crippen molar-refractivity contribution < 1.29 is 9.53 Å². The van der Waals surface area contributed by atoms with Crippen LogP contribution < -0.4 is 4.90 Å². The molecule has 1 aromatic rings. The Morgan fingerprint density at radius 2 is 1.92 bits per heavy atom. The first-order chi connectivity index (χ1) is 12.7. The van der Waals surface area contributed by atoms with E-state index in [0.29, 0.717) is 18.0 Å². The van der Waals surface area contributed by atoms with E-state index >= 15 is 0 Å². The molecule has 0 aromatic carbocycles. The fourth-order valence-electron chi connectivity index (χ4n) is 4.73. The highest BCUT2D eigenvalue weighted by molar-refractivity contribution is 5.78. The molecule has 1 spiro atoms. The van der Waals surface area contributed by atoms with Crippen molar-refractivity contribution in [2.45, 2.75) is 32.2 Å². The largest absolute Gasteiger partial charge is 0.381 e. The summed E-state index contributed by atoms with van der Waals surface area (Å²) in [6.45, 7) is 8.79. The van der Waals surface area contributed by atoms with Gasteiger partial charge in [0.1, 0.15) is 5.82 Å². The van der Waals surface area contributed by atoms with Gasteiger partial charge in [-0.2, -0.15) is 0 Å². The monoisotopic (exact) mass is 359 g/mol. The van der Waals surface area contributed by atoms with Crippen molar-refractivity contribution in [3.05, 3.63) is 18.6 Å². The van der Waals surface area contributed by atoms with Gasteiger partial charge in [-0.05, 0) is 38.1 Å². The van der Waals surface area contributed by atoms with Gasteiger partial charge in [-0.3, -0.25) is 14.7 Å². The minimum Gasteiger partial charge on any atom is -0.381 e. The van der Waals surface area contributed by atoms with Crippen molar-refractivity contribution in [1.29, 1.82) is 0 Å². The van der Waals surface area contributed by atoms with Gasteiger partial charge in [-0.15, -0.1) is 0 Å². The molecule has 0 N–H and O–H groups in total. The summed E-state index contributed by atoms with van der Waals surface area (Å²) >= 11 is 0. The molecule has 3 fully saturated rings. The maximum Gasteiger partial charge on any atom is 0.236 e. The highest BCUT2D eigenvalue weighted by Crippen LogP contribution is 2.44. The van der Waals surface area contributed by atoms with Gasteiger partial charge in [0.05, 0.1) is 12.7 Å². The zero-order chi connectivity index (χ0) is 18.0. The molecule has 26 heavy (non-hydrogen) atoms. The molecule has 4 heterocycles. The third-order valence-corrected chi connectivity index (χ3v) is 6.66. The first-order valence-electron chi connectivity index (χ1n) is 9.78. The Labute approximate surface area is 155 Å². The minimum absolute atomic E-state index is 0.264. The number of piperazine rings is 1. The first-order valence-corrected chi connectivity index (χ1v) is 9.78. The van der Waals surface area contributed by atoms with Gasteiger partial charge in [-0.1, -0.05) is 0 Å². The maximum absolute atomic E-state index is 12.8. The lowest BCUT2D eigenvalue weighted by molar-refractivity contribution is -0.133. The van der Waals surface area contributed by atoms with E-state index in [9.17, 15) is 4.79 Å². The highest BCUT2D eigenvalue weighted by Gasteiger charge is 2.46. The molecule has 4 rings (SSSR count). The van der Waals surface area contributed by atoms with Crippen molar-refractivity contribution in [2.75, 3.05) is 57.4 Å². The molecule has 0 radical (unpaired) electrons. The summed E-state index contributed by atoms with van der Waals surface area (Å²) in [5.41, 5.74) is 0.364. The average Bonchev–Trinajstić information content (AvgIpc) is 2.99. The lowest BCUT2D eigenvalue weighted by atomic mass is 9.74. The molecular formula is C19H29N5O2. The Balaban J connectivity index is 1.29. The summed E-state index contributed by atoms with van der Waals surface area (Å²) in [4.78, 5) is 27.9. The smallest absolute Gasteiger partial charge is 0.236 e. The number of hydrogen-bond acceptors (Lipinski definition) is 6. The quantitative estimate of drug-likeness (QED) is 0.803. The van der Waals surface area contributed by atoms with Gasteiger partial charge in [0.15, 0.2) is 0 Å². The van der Waals surface area contributed by atoms with Crippen molar-refractivity contribution >= 4 is 11.7 Å². The number of carbonyl (C=O) groups is 1. The molecule has 7 heteroatoms. The molecule has 1 amide bonds. The van der Waals surface area contributed by atoms with E-state index in [1.807, 2.05) is 4.90 Å². The summed E-state index contributed by atoms with van der Waals surface area (Å²) < 4.78 is 5.55. The number of amides is 1. The van der Waals surface area contributed by atoms with Crippen molar-refractivity contribution in [2.24, 2.45) is 5.41 Å². The van der Waals surface area contributed by atoms with Crippen LogP contribution >= 0.6 is 0 Å². The lowest BCUT2D eigenvalue weighted by Gasteiger charge is -2.40. The van der Waals surface area contributed by atoms with Crippen LogP contribution in [0.25, 0.3) is 0 Å². The Kier molecular flexibility index (Phi) is 5.09. The molecule has 142 valence electrons. The lowest BCUT2D eigenvalue weighted by Crippen LogP contribution is -2.52. The van der Waals surface area contributed by atoms with E-state index < -0.39 is 0 Å². The summed E-state index contributed by atoms with van der Waals surface area (Å²) in [5.74, 6) is 1.16. The first kappa shape index (κ1) is 17.7. The number of rotatable bonds is 3. The van der Waals surface area contributed by atoms with Gasteiger partial charge in [0.25, 0.3) is 0 Å². The zero-order valence-corrected chi connectivity index (χ0v) is 15.6. The van der Waals surface area contributed by atoms with E-state index in [4.69, 9.17) is 4.74 Å². The third kappa shape index (κ3) is 3.42. The average molecular weight is 359 g/mol. The molecule has 1 aromatic heterocycles. The predicted molar refractivity (Wildman–Crippen MR) is 99.0 cm³/mol. The number of nitrogens with zero attached hydrogens (tertiary/aromatic N) is 5. The minimum atomic E-state index is 0.264. The van der Waals surface area contributed by atoms with E-state index in [-0.39, 0.29) is 5.91 Å². The molecule has 1 atom stereocenters. The molecular weight excluding hydrogens is 330 g/mol. The number of aromatic nitrogens is 2. The second-order valence-electron chi connectivity index (χ2n) is 7.80. The number of carbonyl (C=O) groups excluding carboxylic acids is 1. The number of anilines is 1. The van der Waals surface area contributed by atoms with E-state index in [1.54, 1.807) is 18.6 Å². The van der Waals surface area contributed by atoms with Crippen LogP contribution in [0.1, 0.15) is 26.2 Å². The molecule has 1 unspecified atom stereocenters. The van der Waals surface area contributed by atoms with Gasteiger partial charge in [-0.25, -0.2) is 4.98 Å². The van der Waals surface area contributed by atoms with Gasteiger partial charge in [0, 0.05) is 57.8 Å². The molecule has 3 aliphatic heterocycles. The number of likely N-dealkylation sites (tertiary alicyclic amines) is 1. The Hall–Kier alpha value is -1.73. The third-order valence-electron chi connectivity index (χ3n) is 6.66. The van der Waals surface area contributed by atoms with Crippen molar-refractivity contribution in [3.8, 4) is 0 Å². The zero-order valence-electron chi connectivity index (χ0n) is 15.6. The Morgan fingerprint density at radius 1 is 1.15 bits per heavy atom. The van der Waals surface area contributed by atoms with Crippen LogP contribution in [-0.2, 0) is 9.53 Å². The van der Waals surface area contributed by atoms with Gasteiger partial charge >= 0.3 is 0 Å². The molecule has 0 bridgehead atoms. The van der Waals surface area contributed by atoms with Crippen LogP contribution in [0.2, 0.25) is 0 Å². The van der Waals surface area contributed by atoms with Crippen LogP contribution in [0.4, 0.5) is 5.82 Å². The van der Waals surface area contributed by atoms with Crippen LogP contribution in [0.5, 0.6) is 0 Å². The topological polar surface area (TPSA) is 61.8 Å². The van der Waals surface area contributed by atoms with Crippen LogP contribution in [0.15, 0.2) is 18.6 Å². The number of ether oxygens (including phenoxy) is 1. The highest BCUT2D eigenvalue weighted by atomic mass is 16.5. The fourth-order valence-corrected chi connectivity index (χ4v) is 4.73. The van der Waals surface area contributed by atoms with Crippen molar-refractivity contribution in [3.63, 3.8) is 0 Å². The summed E-state index contributed by atoms with van der Waals surface area (Å²) in [5, 5.41) is 0. The maximum atomic E-state index is 12.8. The predicted octanol–water partition coefficient (Wildman–Crippen LogP) is 1.02.